The van der Waals surface area contributed by atoms with Crippen LogP contribution >= 0.6 is 0 Å². The number of fused-ring (bicyclic) bond motifs is 1. The number of nitrogens with zero attached hydrogens (tertiary/aromatic N) is 3. The lowest BCUT2D eigenvalue weighted by Crippen LogP contribution is -2.16. The van der Waals surface area contributed by atoms with Crippen molar-refractivity contribution < 1.29 is 4.79 Å². The van der Waals surface area contributed by atoms with Crippen LogP contribution in [0.25, 0.3) is 5.65 Å². The summed E-state index contributed by atoms with van der Waals surface area (Å²) in [5, 5.41) is 7.11. The normalized spacial score (nSPS) is 10.8. The number of anilines is 1. The molecule has 3 rings (SSSR count). The van der Waals surface area contributed by atoms with Crippen molar-refractivity contribution in [3.8, 4) is 0 Å². The molecular formula is C16H16N4O. The van der Waals surface area contributed by atoms with Gasteiger partial charge in [0.15, 0.2) is 5.65 Å². The molecule has 0 aliphatic rings. The first kappa shape index (κ1) is 13.3. The van der Waals surface area contributed by atoms with Crippen LogP contribution in [0.15, 0.2) is 42.6 Å². The van der Waals surface area contributed by atoms with Gasteiger partial charge in [0.25, 0.3) is 5.91 Å². The van der Waals surface area contributed by atoms with Crippen LogP contribution in [-0.2, 0) is 6.42 Å². The molecule has 21 heavy (non-hydrogen) atoms. The van der Waals surface area contributed by atoms with Crippen LogP contribution in [0.5, 0.6) is 0 Å². The van der Waals surface area contributed by atoms with E-state index in [1.807, 2.05) is 38.1 Å². The molecule has 1 N–H and O–H groups in total. The largest absolute Gasteiger partial charge is 0.320 e. The molecule has 0 radical (unpaired) electrons. The molecule has 0 unspecified atom stereocenters. The van der Waals surface area contributed by atoms with E-state index in [0.717, 1.165) is 23.4 Å². The smallest absolute Gasteiger partial charge is 0.274 e. The molecule has 2 heterocycles. The molecule has 0 saturated carbocycles. The van der Waals surface area contributed by atoms with Gasteiger partial charge >= 0.3 is 0 Å². The molecule has 0 bridgehead atoms. The summed E-state index contributed by atoms with van der Waals surface area (Å²) >= 11 is 0. The summed E-state index contributed by atoms with van der Waals surface area (Å²) < 4.78 is 1.75. The lowest BCUT2D eigenvalue weighted by atomic mass is 10.2. The Hall–Kier alpha value is -2.69. The fourth-order valence-electron chi connectivity index (χ4n) is 2.24. The van der Waals surface area contributed by atoms with E-state index in [0.29, 0.717) is 11.3 Å². The van der Waals surface area contributed by atoms with E-state index in [2.05, 4.69) is 15.4 Å². The molecule has 106 valence electrons. The van der Waals surface area contributed by atoms with Gasteiger partial charge in [0.2, 0.25) is 0 Å². The number of hydrogen-bond acceptors (Lipinski definition) is 3. The van der Waals surface area contributed by atoms with Crippen LogP contribution in [0.3, 0.4) is 0 Å². The Labute approximate surface area is 122 Å². The van der Waals surface area contributed by atoms with Crippen LogP contribution in [-0.4, -0.2) is 20.5 Å². The minimum absolute atomic E-state index is 0.206. The molecule has 0 aliphatic heterocycles. The lowest BCUT2D eigenvalue weighted by molar-refractivity contribution is 0.102. The zero-order valence-corrected chi connectivity index (χ0v) is 12.0. The Kier molecular flexibility index (Phi) is 3.39. The van der Waals surface area contributed by atoms with Crippen LogP contribution in [0.4, 0.5) is 5.69 Å². The third-order valence-electron chi connectivity index (χ3n) is 3.42. The van der Waals surface area contributed by atoms with E-state index in [1.165, 1.54) is 0 Å². The maximum Gasteiger partial charge on any atom is 0.274 e. The highest BCUT2D eigenvalue weighted by Crippen LogP contribution is 2.15. The fraction of sp³-hybridized carbons (Fsp3) is 0.188. The molecule has 5 nitrogen and oxygen atoms in total. The maximum atomic E-state index is 12.4. The summed E-state index contributed by atoms with van der Waals surface area (Å²) in [6.45, 7) is 3.99. The second-order valence-electron chi connectivity index (χ2n) is 4.86. The summed E-state index contributed by atoms with van der Waals surface area (Å²) in [7, 11) is 0. The Balaban J connectivity index is 1.96. The molecule has 3 aromatic rings. The van der Waals surface area contributed by atoms with Crippen molar-refractivity contribution in [3.63, 3.8) is 0 Å². The highest BCUT2D eigenvalue weighted by molar-refractivity contribution is 6.03. The van der Waals surface area contributed by atoms with E-state index in [4.69, 9.17) is 0 Å². The predicted octanol–water partition coefficient (Wildman–Crippen LogP) is 2.85. The SMILES string of the molecule is CCc1cc(C(=O)Nc2ccccc2C)nc2ccnn12. The number of amides is 1. The van der Waals surface area contributed by atoms with Gasteiger partial charge in [-0.15, -0.1) is 0 Å². The second kappa shape index (κ2) is 5.36. The molecule has 1 amide bonds. The van der Waals surface area contributed by atoms with Gasteiger partial charge in [0.1, 0.15) is 5.69 Å². The van der Waals surface area contributed by atoms with Gasteiger partial charge in [0.05, 0.1) is 6.20 Å². The summed E-state index contributed by atoms with van der Waals surface area (Å²) in [4.78, 5) is 16.8. The molecule has 0 atom stereocenters. The summed E-state index contributed by atoms with van der Waals surface area (Å²) in [5.74, 6) is -0.206. The lowest BCUT2D eigenvalue weighted by Gasteiger charge is -2.09. The highest BCUT2D eigenvalue weighted by Gasteiger charge is 2.12. The third-order valence-corrected chi connectivity index (χ3v) is 3.42. The number of aryl methyl sites for hydroxylation is 2. The average molecular weight is 280 g/mol. The molecule has 0 aliphatic carbocycles. The predicted molar refractivity (Wildman–Crippen MR) is 81.5 cm³/mol. The van der Waals surface area contributed by atoms with Crippen molar-refractivity contribution in [2.45, 2.75) is 20.3 Å². The summed E-state index contributed by atoms with van der Waals surface area (Å²) in [5.41, 5.74) is 3.87. The van der Waals surface area contributed by atoms with Crippen molar-refractivity contribution >= 4 is 17.2 Å². The van der Waals surface area contributed by atoms with Gasteiger partial charge in [-0.1, -0.05) is 25.1 Å². The first-order chi connectivity index (χ1) is 10.2. The number of rotatable bonds is 3. The molecule has 2 aromatic heterocycles. The van der Waals surface area contributed by atoms with Crippen molar-refractivity contribution in [2.75, 3.05) is 5.32 Å². The summed E-state index contributed by atoms with van der Waals surface area (Å²) in [6.07, 6.45) is 2.47. The number of nitrogens with one attached hydrogen (secondary N) is 1. The van der Waals surface area contributed by atoms with Gasteiger partial charge in [-0.25, -0.2) is 9.50 Å². The van der Waals surface area contributed by atoms with Gasteiger partial charge in [-0.05, 0) is 31.0 Å². The first-order valence-corrected chi connectivity index (χ1v) is 6.89. The van der Waals surface area contributed by atoms with Crippen molar-refractivity contribution in [3.05, 3.63) is 59.5 Å². The molecule has 5 heteroatoms. The number of hydrogen-bond donors (Lipinski definition) is 1. The molecule has 0 fully saturated rings. The topological polar surface area (TPSA) is 59.3 Å². The number of carbonyl (C=O) groups excluding carboxylic acids is 1. The molecule has 1 aromatic carbocycles. The Morgan fingerprint density at radius 1 is 1.29 bits per heavy atom. The van der Waals surface area contributed by atoms with Crippen molar-refractivity contribution in [1.29, 1.82) is 0 Å². The van der Waals surface area contributed by atoms with Gasteiger partial charge in [0, 0.05) is 17.4 Å². The van der Waals surface area contributed by atoms with E-state index >= 15 is 0 Å². The fourth-order valence-corrected chi connectivity index (χ4v) is 2.24. The zero-order chi connectivity index (χ0) is 14.8. The second-order valence-corrected chi connectivity index (χ2v) is 4.86. The number of benzene rings is 1. The highest BCUT2D eigenvalue weighted by atomic mass is 16.1. The van der Waals surface area contributed by atoms with E-state index in [1.54, 1.807) is 22.8 Å². The van der Waals surface area contributed by atoms with Crippen LogP contribution in [0.1, 0.15) is 28.7 Å². The number of para-hydroxylation sites is 1. The van der Waals surface area contributed by atoms with E-state index in [-0.39, 0.29) is 5.91 Å². The standard InChI is InChI=1S/C16H16N4O/c1-3-12-10-14(18-15-8-9-17-20(12)15)16(21)19-13-7-5-4-6-11(13)2/h4-10H,3H2,1-2H3,(H,19,21). The van der Waals surface area contributed by atoms with Crippen LogP contribution in [0.2, 0.25) is 0 Å². The van der Waals surface area contributed by atoms with E-state index < -0.39 is 0 Å². The Morgan fingerprint density at radius 2 is 2.10 bits per heavy atom. The monoisotopic (exact) mass is 280 g/mol. The van der Waals surface area contributed by atoms with Gasteiger partial charge < -0.3 is 5.32 Å². The zero-order valence-electron chi connectivity index (χ0n) is 12.0. The first-order valence-electron chi connectivity index (χ1n) is 6.89. The average Bonchev–Trinajstić information content (AvgIpc) is 2.97. The maximum absolute atomic E-state index is 12.4. The third kappa shape index (κ3) is 2.50. The minimum Gasteiger partial charge on any atom is -0.320 e. The number of carbonyl (C=O) groups is 1. The Bertz CT molecular complexity index is 807. The summed E-state index contributed by atoms with van der Waals surface area (Å²) in [6, 6.07) is 11.3. The van der Waals surface area contributed by atoms with Crippen molar-refractivity contribution in [1.82, 2.24) is 14.6 Å². The van der Waals surface area contributed by atoms with Gasteiger partial charge in [-0.2, -0.15) is 5.10 Å². The molecule has 0 saturated heterocycles. The molecule has 0 spiro atoms. The minimum atomic E-state index is -0.206. The van der Waals surface area contributed by atoms with E-state index in [9.17, 15) is 4.79 Å². The quantitative estimate of drug-likeness (QED) is 0.802. The number of aromatic nitrogens is 3. The molecular weight excluding hydrogens is 264 g/mol. The van der Waals surface area contributed by atoms with Crippen molar-refractivity contribution in [2.24, 2.45) is 0 Å². The van der Waals surface area contributed by atoms with Crippen LogP contribution in [0, 0.1) is 6.92 Å². The van der Waals surface area contributed by atoms with Crippen LogP contribution < -0.4 is 5.32 Å². The Morgan fingerprint density at radius 3 is 2.86 bits per heavy atom. The van der Waals surface area contributed by atoms with Gasteiger partial charge in [-0.3, -0.25) is 4.79 Å².